The summed E-state index contributed by atoms with van der Waals surface area (Å²) in [5.41, 5.74) is 1.91. The van der Waals surface area contributed by atoms with Crippen molar-refractivity contribution in [1.29, 1.82) is 0 Å². The second-order valence-corrected chi connectivity index (χ2v) is 7.25. The van der Waals surface area contributed by atoms with Crippen LogP contribution in [0.3, 0.4) is 0 Å². The van der Waals surface area contributed by atoms with Gasteiger partial charge in [-0.15, -0.1) is 5.10 Å². The molecule has 0 radical (unpaired) electrons. The van der Waals surface area contributed by atoms with Crippen molar-refractivity contribution in [2.75, 3.05) is 18.5 Å². The van der Waals surface area contributed by atoms with Gasteiger partial charge in [-0.05, 0) is 51.3 Å². The van der Waals surface area contributed by atoms with Crippen molar-refractivity contribution in [3.63, 3.8) is 0 Å². The van der Waals surface area contributed by atoms with Gasteiger partial charge in [0.2, 0.25) is 5.91 Å². The molecule has 0 saturated heterocycles. The van der Waals surface area contributed by atoms with Crippen LogP contribution in [0.5, 0.6) is 0 Å². The van der Waals surface area contributed by atoms with Crippen LogP contribution in [0.15, 0.2) is 30.5 Å². The zero-order valence-corrected chi connectivity index (χ0v) is 17.6. The Balaban J connectivity index is 1.53. The number of rotatable bonds is 11. The fraction of sp³-hybridized carbons (Fsp3) is 0.524. The number of hydrogen-bond donors (Lipinski definition) is 2. The highest BCUT2D eigenvalue weighted by Gasteiger charge is 2.29. The van der Waals surface area contributed by atoms with Crippen LogP contribution in [0, 0.1) is 5.92 Å². The van der Waals surface area contributed by atoms with Crippen molar-refractivity contribution in [2.45, 2.75) is 52.5 Å². The minimum absolute atomic E-state index is 0.0723. The number of carbonyl (C=O) groups excluding carboxylic acids is 2. The third-order valence-corrected chi connectivity index (χ3v) is 4.79. The maximum Gasteiger partial charge on any atom is 0.273 e. The first kappa shape index (κ1) is 21.9. The minimum Gasteiger partial charge on any atom is -0.351 e. The fourth-order valence-corrected chi connectivity index (χ4v) is 2.97. The first-order valence-electron chi connectivity index (χ1n) is 10.3. The molecule has 1 aliphatic carbocycles. The van der Waals surface area contributed by atoms with E-state index in [0.717, 1.165) is 24.1 Å². The Bertz CT molecular complexity index is 841. The predicted molar refractivity (Wildman–Crippen MR) is 111 cm³/mol. The normalized spacial score (nSPS) is 14.5. The summed E-state index contributed by atoms with van der Waals surface area (Å²) in [5.74, 6) is -0.0824. The zero-order valence-electron chi connectivity index (χ0n) is 17.6. The van der Waals surface area contributed by atoms with Crippen LogP contribution in [0.4, 0.5) is 5.69 Å². The molecule has 1 aromatic heterocycles. The van der Waals surface area contributed by atoms with E-state index >= 15 is 0 Å². The van der Waals surface area contributed by atoms with Gasteiger partial charge in [-0.1, -0.05) is 17.3 Å². The molecule has 1 heterocycles. The van der Waals surface area contributed by atoms with E-state index in [1.54, 1.807) is 6.20 Å². The number of ether oxygens (including phenoxy) is 2. The maximum absolute atomic E-state index is 12.5. The first-order valence-corrected chi connectivity index (χ1v) is 10.3. The molecule has 0 aliphatic heterocycles. The lowest BCUT2D eigenvalue weighted by Gasteiger charge is -2.16. The van der Waals surface area contributed by atoms with Gasteiger partial charge in [-0.2, -0.15) is 0 Å². The van der Waals surface area contributed by atoms with Gasteiger partial charge in [0.1, 0.15) is 0 Å². The number of amides is 2. The lowest BCUT2D eigenvalue weighted by Crippen LogP contribution is -2.27. The summed E-state index contributed by atoms with van der Waals surface area (Å²) >= 11 is 0. The topological polar surface area (TPSA) is 107 Å². The van der Waals surface area contributed by atoms with E-state index < -0.39 is 6.29 Å². The number of nitrogens with one attached hydrogen (secondary N) is 2. The number of hydrogen-bond acceptors (Lipinski definition) is 6. The third-order valence-electron chi connectivity index (χ3n) is 4.79. The van der Waals surface area contributed by atoms with Crippen molar-refractivity contribution in [3.8, 4) is 0 Å². The Morgan fingerprint density at radius 3 is 2.43 bits per heavy atom. The lowest BCUT2D eigenvalue weighted by molar-refractivity contribution is -0.145. The van der Waals surface area contributed by atoms with Crippen LogP contribution in [-0.2, 0) is 20.8 Å². The highest BCUT2D eigenvalue weighted by atomic mass is 16.7. The molecule has 2 N–H and O–H groups in total. The second kappa shape index (κ2) is 10.3. The second-order valence-electron chi connectivity index (χ2n) is 7.25. The molecular formula is C21H29N5O4. The van der Waals surface area contributed by atoms with Crippen molar-refractivity contribution in [3.05, 3.63) is 41.7 Å². The molecule has 1 aromatic carbocycles. The first-order chi connectivity index (χ1) is 14.5. The molecule has 0 bridgehead atoms. The maximum atomic E-state index is 12.5. The van der Waals surface area contributed by atoms with Crippen LogP contribution in [0.2, 0.25) is 0 Å². The van der Waals surface area contributed by atoms with Crippen LogP contribution in [0.25, 0.3) is 0 Å². The molecule has 2 aromatic rings. The summed E-state index contributed by atoms with van der Waals surface area (Å²) in [6.07, 6.45) is 3.07. The summed E-state index contributed by atoms with van der Waals surface area (Å²) in [5, 5.41) is 13.8. The molecule has 9 heteroatoms. The number of anilines is 1. The molecule has 1 aliphatic rings. The van der Waals surface area contributed by atoms with Crippen molar-refractivity contribution < 1.29 is 19.1 Å². The number of aromatic nitrogens is 3. The molecule has 1 unspecified atom stereocenters. The van der Waals surface area contributed by atoms with Crippen molar-refractivity contribution in [1.82, 2.24) is 20.3 Å². The molecule has 1 atom stereocenters. The number of carbonyl (C=O) groups is 2. The quantitative estimate of drug-likeness (QED) is 0.546. The van der Waals surface area contributed by atoms with Gasteiger partial charge in [0.25, 0.3) is 5.91 Å². The van der Waals surface area contributed by atoms with Crippen LogP contribution >= 0.6 is 0 Å². The summed E-state index contributed by atoms with van der Waals surface area (Å²) in [6.45, 7) is 7.06. The average molecular weight is 415 g/mol. The molecule has 1 saturated carbocycles. The van der Waals surface area contributed by atoms with Gasteiger partial charge in [-0.3, -0.25) is 9.59 Å². The van der Waals surface area contributed by atoms with Gasteiger partial charge < -0.3 is 20.1 Å². The molecule has 0 spiro atoms. The summed E-state index contributed by atoms with van der Waals surface area (Å²) in [7, 11) is 0. The molecule has 3 rings (SSSR count). The largest absolute Gasteiger partial charge is 0.351 e. The van der Waals surface area contributed by atoms with E-state index in [2.05, 4.69) is 20.9 Å². The number of nitrogens with zero attached hydrogens (tertiary/aromatic N) is 3. The van der Waals surface area contributed by atoms with E-state index in [-0.39, 0.29) is 29.5 Å². The standard InChI is InChI=1S/C21H29N5O4/c1-4-29-19(30-5-2)13-26-12-18(24-25-26)21(28)22-14(3)15-8-10-17(11-9-15)23-20(27)16-6-7-16/h8-12,14,16,19H,4-7,13H2,1-3H3,(H,22,28)(H,23,27). The van der Waals surface area contributed by atoms with Gasteiger partial charge >= 0.3 is 0 Å². The van der Waals surface area contributed by atoms with E-state index in [1.165, 1.54) is 4.68 Å². The Hall–Kier alpha value is -2.78. The molecule has 2 amide bonds. The van der Waals surface area contributed by atoms with E-state index in [0.29, 0.717) is 19.8 Å². The Morgan fingerprint density at radius 1 is 1.17 bits per heavy atom. The van der Waals surface area contributed by atoms with E-state index in [1.807, 2.05) is 45.0 Å². The predicted octanol–water partition coefficient (Wildman–Crippen LogP) is 2.52. The molecule has 30 heavy (non-hydrogen) atoms. The monoisotopic (exact) mass is 415 g/mol. The summed E-state index contributed by atoms with van der Waals surface area (Å²) < 4.78 is 12.5. The Morgan fingerprint density at radius 2 is 1.83 bits per heavy atom. The number of benzene rings is 1. The van der Waals surface area contributed by atoms with Gasteiger partial charge in [0.05, 0.1) is 18.8 Å². The Kier molecular flexibility index (Phi) is 7.53. The summed E-state index contributed by atoms with van der Waals surface area (Å²) in [4.78, 5) is 24.4. The molecule has 9 nitrogen and oxygen atoms in total. The van der Waals surface area contributed by atoms with E-state index in [9.17, 15) is 9.59 Å². The minimum atomic E-state index is -0.435. The van der Waals surface area contributed by atoms with Gasteiger partial charge in [0, 0.05) is 24.8 Å². The average Bonchev–Trinajstić information content (AvgIpc) is 3.48. The highest BCUT2D eigenvalue weighted by Crippen LogP contribution is 2.30. The summed E-state index contributed by atoms with van der Waals surface area (Å²) in [6, 6.07) is 7.24. The van der Waals surface area contributed by atoms with Gasteiger partial charge in [-0.25, -0.2) is 4.68 Å². The fourth-order valence-electron chi connectivity index (χ4n) is 2.97. The smallest absolute Gasteiger partial charge is 0.273 e. The molecule has 162 valence electrons. The van der Waals surface area contributed by atoms with E-state index in [4.69, 9.17) is 9.47 Å². The molecular weight excluding hydrogens is 386 g/mol. The van der Waals surface area contributed by atoms with Crippen molar-refractivity contribution >= 4 is 17.5 Å². The lowest BCUT2D eigenvalue weighted by atomic mass is 10.1. The van der Waals surface area contributed by atoms with Crippen LogP contribution in [-0.4, -0.2) is 46.3 Å². The SMILES string of the molecule is CCOC(Cn1cc(C(=O)NC(C)c2ccc(NC(=O)C3CC3)cc2)nn1)OCC. The Labute approximate surface area is 176 Å². The molecule has 1 fully saturated rings. The van der Waals surface area contributed by atoms with Crippen LogP contribution < -0.4 is 10.6 Å². The zero-order chi connectivity index (χ0) is 21.5. The highest BCUT2D eigenvalue weighted by molar-refractivity contribution is 5.94. The van der Waals surface area contributed by atoms with Gasteiger partial charge in [0.15, 0.2) is 12.0 Å². The van der Waals surface area contributed by atoms with Crippen LogP contribution in [0.1, 0.15) is 55.7 Å². The van der Waals surface area contributed by atoms with Crippen molar-refractivity contribution in [2.24, 2.45) is 5.92 Å². The third kappa shape index (κ3) is 6.11.